The van der Waals surface area contributed by atoms with Gasteiger partial charge in [0.15, 0.2) is 6.37 Å². The highest BCUT2D eigenvalue weighted by Crippen LogP contribution is 2.41. The zero-order valence-corrected chi connectivity index (χ0v) is 18.6. The number of allylic oxidation sites excluding steroid dienone is 2. The van der Waals surface area contributed by atoms with Crippen molar-refractivity contribution in [3.8, 4) is 0 Å². The summed E-state index contributed by atoms with van der Waals surface area (Å²) in [5, 5.41) is 6.65. The van der Waals surface area contributed by atoms with Crippen molar-refractivity contribution in [1.29, 1.82) is 0 Å². The molecule has 0 amide bonds. The second-order valence-electron chi connectivity index (χ2n) is 6.30. The SMILES string of the molecule is CNC1=C(C(=S)S[Si](C)(C)SC(=S)C2=C(NC)CCC2)CCC1. The fraction of sp³-hybridized carbons (Fsp3) is 0.625. The standard InChI is InChI=1S/C16H26N2S4Si/c1-17-13-9-5-7-11(13)15(19)21-23(3,4)22-16(20)12-8-6-10-14(12)18-2/h17-18H,5-10H2,1-4H3. The number of hydrogen-bond acceptors (Lipinski definition) is 6. The molecule has 0 saturated heterocycles. The van der Waals surface area contributed by atoms with Crippen LogP contribution in [0, 0.1) is 0 Å². The summed E-state index contributed by atoms with van der Waals surface area (Å²) in [6.45, 7) is 4.73. The third-order valence-corrected chi connectivity index (χ3v) is 13.6. The molecule has 2 rings (SSSR count). The van der Waals surface area contributed by atoms with Crippen molar-refractivity contribution < 1.29 is 0 Å². The van der Waals surface area contributed by atoms with Crippen molar-refractivity contribution in [2.75, 3.05) is 14.1 Å². The minimum Gasteiger partial charge on any atom is -0.391 e. The van der Waals surface area contributed by atoms with Crippen LogP contribution in [0.1, 0.15) is 38.5 Å². The Labute approximate surface area is 160 Å². The van der Waals surface area contributed by atoms with Gasteiger partial charge < -0.3 is 10.6 Å². The Balaban J connectivity index is 2.02. The van der Waals surface area contributed by atoms with E-state index >= 15 is 0 Å². The number of thiocarbonyl (C=S) groups is 2. The molecule has 2 nitrogen and oxygen atoms in total. The van der Waals surface area contributed by atoms with E-state index in [0.717, 1.165) is 34.1 Å². The van der Waals surface area contributed by atoms with Gasteiger partial charge in [-0.15, -0.1) is 22.4 Å². The molecule has 0 aliphatic heterocycles. The lowest BCUT2D eigenvalue weighted by Gasteiger charge is -2.23. The van der Waals surface area contributed by atoms with Gasteiger partial charge in [-0.1, -0.05) is 37.5 Å². The first kappa shape index (κ1) is 19.5. The molecule has 0 saturated carbocycles. The molecular formula is C16H26N2S4Si. The molecule has 0 unspecified atom stereocenters. The predicted octanol–water partition coefficient (Wildman–Crippen LogP) is 5.12. The molecule has 0 spiro atoms. The lowest BCUT2D eigenvalue weighted by Crippen LogP contribution is -2.23. The average Bonchev–Trinajstić information content (AvgIpc) is 3.14. The van der Waals surface area contributed by atoms with Crippen LogP contribution in [-0.2, 0) is 0 Å². The molecule has 2 aliphatic carbocycles. The van der Waals surface area contributed by atoms with Gasteiger partial charge in [0.25, 0.3) is 0 Å². The minimum absolute atomic E-state index is 1.09. The maximum atomic E-state index is 5.76. The molecule has 7 heteroatoms. The first-order valence-electron chi connectivity index (χ1n) is 8.14. The Morgan fingerprint density at radius 3 is 1.57 bits per heavy atom. The van der Waals surface area contributed by atoms with Crippen LogP contribution in [0.15, 0.2) is 22.5 Å². The van der Waals surface area contributed by atoms with E-state index in [-0.39, 0.29) is 0 Å². The van der Waals surface area contributed by atoms with E-state index in [4.69, 9.17) is 24.4 Å². The third-order valence-electron chi connectivity index (χ3n) is 4.21. The highest BCUT2D eigenvalue weighted by molar-refractivity contribution is 8.69. The normalized spacial score (nSPS) is 18.6. The van der Waals surface area contributed by atoms with Crippen LogP contribution >= 0.6 is 46.9 Å². The minimum atomic E-state index is -1.62. The van der Waals surface area contributed by atoms with Gasteiger partial charge in [0.2, 0.25) is 0 Å². The van der Waals surface area contributed by atoms with Crippen molar-refractivity contribution in [3.05, 3.63) is 22.5 Å². The molecule has 2 aliphatic rings. The lowest BCUT2D eigenvalue weighted by atomic mass is 10.2. The zero-order valence-electron chi connectivity index (χ0n) is 14.4. The summed E-state index contributed by atoms with van der Waals surface area (Å²) in [5.41, 5.74) is 5.43. The summed E-state index contributed by atoms with van der Waals surface area (Å²) in [6, 6.07) is 0. The number of rotatable bonds is 6. The molecule has 128 valence electrons. The van der Waals surface area contributed by atoms with Crippen molar-refractivity contribution in [2.45, 2.75) is 51.6 Å². The Morgan fingerprint density at radius 2 is 1.22 bits per heavy atom. The zero-order chi connectivity index (χ0) is 17.0. The average molecular weight is 403 g/mol. The first-order chi connectivity index (χ1) is 10.9. The summed E-state index contributed by atoms with van der Waals surface area (Å²) in [7, 11) is 4.01. The molecule has 0 aromatic carbocycles. The predicted molar refractivity (Wildman–Crippen MR) is 118 cm³/mol. The van der Waals surface area contributed by atoms with E-state index in [1.54, 1.807) is 0 Å². The fourth-order valence-corrected chi connectivity index (χ4v) is 15.3. The topological polar surface area (TPSA) is 24.1 Å². The smallest absolute Gasteiger partial charge is 0.184 e. The second kappa shape index (κ2) is 8.51. The molecule has 0 radical (unpaired) electrons. The van der Waals surface area contributed by atoms with E-state index in [9.17, 15) is 0 Å². The summed E-state index contributed by atoms with van der Waals surface area (Å²) in [6.07, 6.45) is 5.34. The van der Waals surface area contributed by atoms with Crippen LogP contribution in [0.3, 0.4) is 0 Å². The van der Waals surface area contributed by atoms with E-state index < -0.39 is 6.37 Å². The van der Waals surface area contributed by atoms with Crippen LogP contribution in [0.5, 0.6) is 0 Å². The van der Waals surface area contributed by atoms with Crippen molar-refractivity contribution in [2.24, 2.45) is 0 Å². The second-order valence-corrected chi connectivity index (χ2v) is 19.8. The monoisotopic (exact) mass is 402 g/mol. The highest BCUT2D eigenvalue weighted by Gasteiger charge is 2.31. The van der Waals surface area contributed by atoms with E-state index in [2.05, 4.69) is 23.7 Å². The van der Waals surface area contributed by atoms with Crippen LogP contribution in [0.25, 0.3) is 0 Å². The Kier molecular flexibility index (Phi) is 7.22. The summed E-state index contributed by atoms with van der Waals surface area (Å²) in [5.74, 6) is 0. The molecule has 0 aromatic rings. The van der Waals surface area contributed by atoms with Gasteiger partial charge in [0, 0.05) is 25.5 Å². The number of hydrogen-bond donors (Lipinski definition) is 2. The fourth-order valence-electron chi connectivity index (χ4n) is 3.08. The van der Waals surface area contributed by atoms with Crippen molar-refractivity contribution in [3.63, 3.8) is 0 Å². The van der Waals surface area contributed by atoms with Gasteiger partial charge in [-0.2, -0.15) is 0 Å². The van der Waals surface area contributed by atoms with Gasteiger partial charge in [-0.25, -0.2) is 0 Å². The molecule has 0 fully saturated rings. The van der Waals surface area contributed by atoms with E-state index in [0.29, 0.717) is 0 Å². The van der Waals surface area contributed by atoms with Gasteiger partial charge in [-0.3, -0.25) is 0 Å². The molecule has 0 heterocycles. The van der Waals surface area contributed by atoms with Gasteiger partial charge >= 0.3 is 0 Å². The molecular weight excluding hydrogens is 377 g/mol. The Bertz CT molecular complexity index is 518. The molecule has 23 heavy (non-hydrogen) atoms. The Morgan fingerprint density at radius 1 is 0.826 bits per heavy atom. The largest absolute Gasteiger partial charge is 0.391 e. The third kappa shape index (κ3) is 5.08. The summed E-state index contributed by atoms with van der Waals surface area (Å²) in [4.78, 5) is 0. The van der Waals surface area contributed by atoms with Crippen molar-refractivity contribution >= 4 is 61.6 Å². The summed E-state index contributed by atoms with van der Waals surface area (Å²) < 4.78 is 2.18. The first-order valence-corrected chi connectivity index (χ1v) is 15.0. The van der Waals surface area contributed by atoms with Crippen LogP contribution in [0.2, 0.25) is 13.1 Å². The molecule has 2 N–H and O–H groups in total. The van der Waals surface area contributed by atoms with Gasteiger partial charge in [0.05, 0.1) is 8.39 Å². The summed E-state index contributed by atoms with van der Waals surface area (Å²) >= 11 is 15.4. The van der Waals surface area contributed by atoms with Crippen LogP contribution in [-0.4, -0.2) is 28.9 Å². The lowest BCUT2D eigenvalue weighted by molar-refractivity contribution is 0.846. The van der Waals surface area contributed by atoms with Gasteiger partial charge in [0.1, 0.15) is 0 Å². The van der Waals surface area contributed by atoms with Crippen molar-refractivity contribution in [1.82, 2.24) is 10.6 Å². The van der Waals surface area contributed by atoms with Crippen LogP contribution in [0.4, 0.5) is 0 Å². The van der Waals surface area contributed by atoms with Gasteiger partial charge in [-0.05, 0) is 49.7 Å². The Hall–Kier alpha value is 0.177. The maximum absolute atomic E-state index is 5.76. The number of nitrogens with one attached hydrogen (secondary N) is 2. The highest BCUT2D eigenvalue weighted by atomic mass is 32.6. The van der Waals surface area contributed by atoms with Crippen LogP contribution < -0.4 is 10.6 Å². The maximum Gasteiger partial charge on any atom is 0.184 e. The molecule has 0 bridgehead atoms. The van der Waals surface area contributed by atoms with E-state index in [1.807, 2.05) is 36.5 Å². The molecule has 0 aromatic heterocycles. The molecule has 0 atom stereocenters. The quantitative estimate of drug-likeness (QED) is 0.472. The van der Waals surface area contributed by atoms with E-state index in [1.165, 1.54) is 35.4 Å².